The number of thiazole rings is 1. The molecule has 0 bridgehead atoms. The third-order valence-corrected chi connectivity index (χ3v) is 8.05. The maximum atomic E-state index is 13.6. The minimum Gasteiger partial charge on any atom is -0.507 e. The number of aromatic nitrogens is 1. The zero-order valence-corrected chi connectivity index (χ0v) is 22.3. The van der Waals surface area contributed by atoms with E-state index >= 15 is 0 Å². The number of hydrogen-bond acceptors (Lipinski definition) is 7. The first-order valence-electron chi connectivity index (χ1n) is 12.4. The first-order chi connectivity index (χ1) is 18.2. The molecule has 2 aliphatic heterocycles. The number of hydrogen-bond donors (Lipinski definition) is 1. The third kappa shape index (κ3) is 3.83. The fraction of sp³-hybridized carbons (Fsp3) is 0.233. The minimum absolute atomic E-state index is 0.0160. The Balaban J connectivity index is 1.55. The van der Waals surface area contributed by atoms with Gasteiger partial charge in [-0.25, -0.2) is 4.98 Å². The van der Waals surface area contributed by atoms with Gasteiger partial charge < -0.3 is 14.6 Å². The van der Waals surface area contributed by atoms with Crippen LogP contribution in [-0.4, -0.2) is 35.0 Å². The largest absolute Gasteiger partial charge is 0.507 e. The van der Waals surface area contributed by atoms with Crippen molar-refractivity contribution in [2.45, 2.75) is 39.3 Å². The van der Waals surface area contributed by atoms with Crippen molar-refractivity contribution in [3.05, 3.63) is 88.0 Å². The van der Waals surface area contributed by atoms with E-state index < -0.39 is 17.7 Å². The predicted octanol–water partition coefficient (Wildman–Crippen LogP) is 5.87. The number of aliphatic hydroxyl groups excluding tert-OH is 1. The molecule has 1 aromatic heterocycles. The number of aliphatic hydroxyl groups is 1. The molecule has 1 saturated heterocycles. The summed E-state index contributed by atoms with van der Waals surface area (Å²) < 4.78 is 12.2. The number of methoxy groups -OCH3 is 1. The van der Waals surface area contributed by atoms with Crippen molar-refractivity contribution < 1.29 is 24.2 Å². The van der Waals surface area contributed by atoms with Crippen molar-refractivity contribution in [3.8, 4) is 11.5 Å². The van der Waals surface area contributed by atoms with Gasteiger partial charge in [-0.2, -0.15) is 0 Å². The van der Waals surface area contributed by atoms with E-state index in [0.717, 1.165) is 32.7 Å². The number of anilines is 1. The summed E-state index contributed by atoms with van der Waals surface area (Å²) >= 11 is 1.35. The lowest BCUT2D eigenvalue weighted by atomic mass is 9.94. The first-order valence-corrected chi connectivity index (χ1v) is 13.2. The zero-order chi connectivity index (χ0) is 26.7. The van der Waals surface area contributed by atoms with E-state index in [0.29, 0.717) is 28.4 Å². The van der Waals surface area contributed by atoms with Gasteiger partial charge in [0, 0.05) is 12.0 Å². The van der Waals surface area contributed by atoms with Crippen LogP contribution in [0, 0.1) is 13.8 Å². The average molecular weight is 527 g/mol. The van der Waals surface area contributed by atoms with Crippen LogP contribution in [0.4, 0.5) is 5.13 Å². The molecular weight excluding hydrogens is 500 g/mol. The molecule has 1 amide bonds. The number of aryl methyl sites for hydroxylation is 2. The van der Waals surface area contributed by atoms with E-state index in [9.17, 15) is 14.7 Å². The van der Waals surface area contributed by atoms with Crippen molar-refractivity contribution in [3.63, 3.8) is 0 Å². The van der Waals surface area contributed by atoms with Crippen molar-refractivity contribution in [2.24, 2.45) is 0 Å². The number of rotatable bonds is 4. The fourth-order valence-corrected chi connectivity index (χ4v) is 6.51. The zero-order valence-electron chi connectivity index (χ0n) is 21.4. The molecule has 192 valence electrons. The Labute approximate surface area is 224 Å². The van der Waals surface area contributed by atoms with Crippen molar-refractivity contribution in [1.82, 2.24) is 4.98 Å². The second kappa shape index (κ2) is 8.99. The Hall–Kier alpha value is -4.17. The molecule has 1 N–H and O–H groups in total. The highest BCUT2D eigenvalue weighted by molar-refractivity contribution is 7.22. The number of benzene rings is 3. The number of amides is 1. The Bertz CT molecular complexity index is 1670. The number of ketones is 1. The summed E-state index contributed by atoms with van der Waals surface area (Å²) in [7, 11) is 1.56. The summed E-state index contributed by atoms with van der Waals surface area (Å²) in [5.74, 6) is -0.376. The molecule has 3 heterocycles. The molecule has 0 aliphatic carbocycles. The summed E-state index contributed by atoms with van der Waals surface area (Å²) in [6.45, 7) is 5.97. The van der Waals surface area contributed by atoms with Gasteiger partial charge in [-0.1, -0.05) is 29.5 Å². The minimum atomic E-state index is -0.879. The fourth-order valence-electron chi connectivity index (χ4n) is 5.34. The van der Waals surface area contributed by atoms with Crippen molar-refractivity contribution >= 4 is 44.1 Å². The van der Waals surface area contributed by atoms with Crippen LogP contribution in [0.25, 0.3) is 16.0 Å². The number of fused-ring (bicyclic) bond motifs is 2. The molecule has 38 heavy (non-hydrogen) atoms. The molecule has 0 unspecified atom stereocenters. The second-order valence-electron chi connectivity index (χ2n) is 9.83. The van der Waals surface area contributed by atoms with Gasteiger partial charge in [0.2, 0.25) is 0 Å². The van der Waals surface area contributed by atoms with E-state index in [2.05, 4.69) is 0 Å². The van der Waals surface area contributed by atoms with Crippen LogP contribution in [-0.2, 0) is 16.0 Å². The maximum Gasteiger partial charge on any atom is 0.301 e. The van der Waals surface area contributed by atoms with Gasteiger partial charge in [-0.3, -0.25) is 14.5 Å². The molecule has 3 aromatic carbocycles. The van der Waals surface area contributed by atoms with Gasteiger partial charge in [0.25, 0.3) is 5.78 Å². The molecule has 2 aliphatic rings. The molecule has 0 spiro atoms. The first kappa shape index (κ1) is 24.2. The Morgan fingerprint density at radius 3 is 2.74 bits per heavy atom. The highest BCUT2D eigenvalue weighted by Crippen LogP contribution is 2.45. The van der Waals surface area contributed by atoms with Crippen LogP contribution in [0.3, 0.4) is 0 Å². The summed E-state index contributed by atoms with van der Waals surface area (Å²) in [5, 5.41) is 11.9. The van der Waals surface area contributed by atoms with Crippen LogP contribution in [0.1, 0.15) is 40.8 Å². The lowest BCUT2D eigenvalue weighted by Crippen LogP contribution is -2.29. The van der Waals surface area contributed by atoms with Crippen LogP contribution in [0.15, 0.2) is 60.2 Å². The number of carbonyl (C=O) groups is 2. The molecule has 6 rings (SSSR count). The molecule has 0 radical (unpaired) electrons. The molecular formula is C30H26N2O5S. The standard InChI is InChI=1S/C30H26N2O5S/c1-15-10-16(2)25-23(11-15)38-30(31-25)32-26(18-6-5-7-21(14-18)36-4)24(28(34)29(32)35)27(33)19-8-9-22-20(13-19)12-17(3)37-22/h5-11,13-14,17,26,33H,12H2,1-4H3/t17-,26-/m1/s1. The number of Topliss-reactive ketones (excluding diaryl/α,β-unsaturated/α-hetero) is 1. The van der Waals surface area contributed by atoms with Crippen LogP contribution >= 0.6 is 11.3 Å². The highest BCUT2D eigenvalue weighted by atomic mass is 32.1. The van der Waals surface area contributed by atoms with Gasteiger partial charge in [0.15, 0.2) is 5.13 Å². The predicted molar refractivity (Wildman–Crippen MR) is 147 cm³/mol. The van der Waals surface area contributed by atoms with Gasteiger partial charge in [-0.05, 0) is 79.4 Å². The Morgan fingerprint density at radius 1 is 1.13 bits per heavy atom. The molecule has 0 saturated carbocycles. The highest BCUT2D eigenvalue weighted by Gasteiger charge is 2.48. The SMILES string of the molecule is COc1cccc([C@@H]2C(=C(O)c3ccc4c(c3)C[C@@H](C)O4)C(=O)C(=O)N2c2nc3c(C)cc(C)cc3s2)c1. The van der Waals surface area contributed by atoms with Crippen LogP contribution in [0.5, 0.6) is 11.5 Å². The van der Waals surface area contributed by atoms with E-state index in [1.165, 1.54) is 16.2 Å². The monoisotopic (exact) mass is 526 g/mol. The topological polar surface area (TPSA) is 89.0 Å². The Morgan fingerprint density at radius 2 is 1.95 bits per heavy atom. The summed E-state index contributed by atoms with van der Waals surface area (Å²) in [4.78, 5) is 33.4. The van der Waals surface area contributed by atoms with Crippen LogP contribution in [0.2, 0.25) is 0 Å². The van der Waals surface area contributed by atoms with E-state index in [4.69, 9.17) is 14.5 Å². The second-order valence-corrected chi connectivity index (χ2v) is 10.8. The lowest BCUT2D eigenvalue weighted by Gasteiger charge is -2.23. The van der Waals surface area contributed by atoms with Crippen molar-refractivity contribution in [2.75, 3.05) is 12.0 Å². The number of ether oxygens (including phenoxy) is 2. The normalized spacial score (nSPS) is 20.2. The quantitative estimate of drug-likeness (QED) is 0.203. The molecule has 1 fully saturated rings. The molecule has 8 heteroatoms. The van der Waals surface area contributed by atoms with Crippen molar-refractivity contribution in [1.29, 1.82) is 0 Å². The summed E-state index contributed by atoms with van der Waals surface area (Å²) in [5.41, 5.74) is 4.93. The summed E-state index contributed by atoms with van der Waals surface area (Å²) in [6.07, 6.45) is 0.741. The van der Waals surface area contributed by atoms with E-state index in [-0.39, 0.29) is 17.4 Å². The van der Waals surface area contributed by atoms with Gasteiger partial charge in [-0.15, -0.1) is 0 Å². The number of nitrogens with zero attached hydrogens (tertiary/aromatic N) is 2. The average Bonchev–Trinajstić information content (AvgIpc) is 3.56. The Kier molecular flexibility index (Phi) is 5.72. The lowest BCUT2D eigenvalue weighted by molar-refractivity contribution is -0.132. The van der Waals surface area contributed by atoms with E-state index in [1.54, 1.807) is 37.4 Å². The molecule has 4 aromatic rings. The van der Waals surface area contributed by atoms with Gasteiger partial charge in [0.1, 0.15) is 23.4 Å². The summed E-state index contributed by atoms with van der Waals surface area (Å²) in [6, 6.07) is 15.7. The third-order valence-electron chi connectivity index (χ3n) is 7.05. The van der Waals surface area contributed by atoms with Crippen LogP contribution < -0.4 is 14.4 Å². The van der Waals surface area contributed by atoms with E-state index in [1.807, 2.05) is 45.0 Å². The van der Waals surface area contributed by atoms with Gasteiger partial charge >= 0.3 is 5.91 Å². The molecule has 2 atom stereocenters. The molecule has 7 nitrogen and oxygen atoms in total. The number of carbonyl (C=O) groups excluding carboxylic acids is 2. The smallest absolute Gasteiger partial charge is 0.301 e. The van der Waals surface area contributed by atoms with Gasteiger partial charge in [0.05, 0.1) is 28.9 Å². The maximum absolute atomic E-state index is 13.6.